The lowest BCUT2D eigenvalue weighted by molar-refractivity contribution is -0.443. The van der Waals surface area contributed by atoms with Gasteiger partial charge < -0.3 is 14.4 Å². The summed E-state index contributed by atoms with van der Waals surface area (Å²) in [6.07, 6.45) is 11.7. The number of anilines is 1. The third-order valence-electron chi connectivity index (χ3n) is 10.0. The maximum Gasteiger partial charge on any atom is 0.208 e. The van der Waals surface area contributed by atoms with Crippen LogP contribution < -0.4 is 14.4 Å². The average molecular weight is 818 g/mol. The third-order valence-corrected chi connectivity index (χ3v) is 12.0. The molecule has 0 aliphatic heterocycles. The summed E-state index contributed by atoms with van der Waals surface area (Å²) in [5.41, 5.74) is 8.04. The molecule has 53 heavy (non-hydrogen) atoms. The molecule has 6 nitrogen and oxygen atoms in total. The van der Waals surface area contributed by atoms with Crippen LogP contribution >= 0.6 is 22.6 Å². The molecule has 3 unspecified atom stereocenters. The zero-order chi connectivity index (χ0) is 37.6. The Labute approximate surface area is 329 Å². The van der Waals surface area contributed by atoms with Crippen molar-refractivity contribution in [3.8, 4) is 23.6 Å². The fraction of sp³-hybridized carbons (Fsp3) is 0.326. The van der Waals surface area contributed by atoms with Gasteiger partial charge in [0, 0.05) is 39.9 Å². The number of halogens is 1. The molecule has 0 saturated heterocycles. The second-order valence-electron chi connectivity index (χ2n) is 13.7. The van der Waals surface area contributed by atoms with E-state index in [1.54, 1.807) is 0 Å². The van der Waals surface area contributed by atoms with E-state index in [1.807, 2.05) is 84.9 Å². The van der Waals surface area contributed by atoms with Gasteiger partial charge in [0.25, 0.3) is 0 Å². The van der Waals surface area contributed by atoms with Crippen LogP contribution in [-0.2, 0) is 0 Å². The number of hydrogen-bond acceptors (Lipinski definition) is 5. The summed E-state index contributed by atoms with van der Waals surface area (Å²) in [6, 6.07) is 36.3. The number of ether oxygens (including phenoxy) is 2. The zero-order valence-electron chi connectivity index (χ0n) is 31.3. The van der Waals surface area contributed by atoms with E-state index in [-0.39, 0.29) is 0 Å². The highest BCUT2D eigenvalue weighted by Gasteiger charge is 2.30. The predicted molar refractivity (Wildman–Crippen MR) is 225 cm³/mol. The first-order valence-electron chi connectivity index (χ1n) is 18.5. The Morgan fingerprint density at radius 1 is 0.830 bits per heavy atom. The van der Waals surface area contributed by atoms with Gasteiger partial charge in [-0.3, -0.25) is 0 Å². The molecule has 1 saturated carbocycles. The molecular weight excluding hydrogens is 767 g/mol. The van der Waals surface area contributed by atoms with Crippen molar-refractivity contribution in [1.29, 1.82) is 10.5 Å². The van der Waals surface area contributed by atoms with Gasteiger partial charge in [-0.1, -0.05) is 77.6 Å². The first-order valence-corrected chi connectivity index (χ1v) is 19.8. The number of allylic oxidation sites excluding steroid dienone is 4. The molecule has 0 spiro atoms. The van der Waals surface area contributed by atoms with Crippen LogP contribution in [0.3, 0.4) is 0 Å². The molecule has 3 atom stereocenters. The Morgan fingerprint density at radius 3 is 2.08 bits per heavy atom. The largest absolute Gasteiger partial charge is 0.492 e. The van der Waals surface area contributed by atoms with Crippen molar-refractivity contribution in [2.75, 3.05) is 31.2 Å². The molecule has 1 fully saturated rings. The highest BCUT2D eigenvalue weighted by molar-refractivity contribution is 14.1. The van der Waals surface area contributed by atoms with E-state index in [0.717, 1.165) is 46.1 Å². The molecule has 4 aromatic carbocycles. The Morgan fingerprint density at radius 2 is 1.45 bits per heavy atom. The average Bonchev–Trinajstić information content (AvgIpc) is 3.18. The lowest BCUT2D eigenvalue weighted by Crippen LogP contribution is -2.29. The first kappa shape index (κ1) is 39.3. The first-order chi connectivity index (χ1) is 25.8. The number of nitriles is 2. The van der Waals surface area contributed by atoms with Crippen LogP contribution in [0.2, 0.25) is 0 Å². The van der Waals surface area contributed by atoms with Crippen LogP contribution in [0.25, 0.3) is 0 Å². The molecule has 0 heterocycles. The van der Waals surface area contributed by atoms with E-state index in [4.69, 9.17) is 9.47 Å². The van der Waals surface area contributed by atoms with Gasteiger partial charge in [0.05, 0.1) is 29.8 Å². The molecule has 0 aromatic heterocycles. The number of benzene rings is 4. The predicted octanol–water partition coefficient (Wildman–Crippen LogP) is 10.9. The van der Waals surface area contributed by atoms with Gasteiger partial charge in [0.1, 0.15) is 24.7 Å². The highest BCUT2D eigenvalue weighted by Crippen LogP contribution is 2.38. The van der Waals surface area contributed by atoms with Crippen LogP contribution in [0, 0.1) is 48.3 Å². The van der Waals surface area contributed by atoms with E-state index in [1.165, 1.54) is 25.0 Å². The summed E-state index contributed by atoms with van der Waals surface area (Å²) in [7, 11) is 0. The van der Waals surface area contributed by atoms with E-state index >= 15 is 0 Å². The molecule has 4 aromatic rings. The number of hydrogen-bond donors (Lipinski definition) is 0. The molecule has 0 bridgehead atoms. The van der Waals surface area contributed by atoms with Gasteiger partial charge in [-0.2, -0.15) is 15.1 Å². The molecule has 0 radical (unpaired) electrons. The third kappa shape index (κ3) is 11.1. The minimum atomic E-state index is 0.471. The van der Waals surface area contributed by atoms with Gasteiger partial charge in [-0.15, -0.1) is 0 Å². The smallest absolute Gasteiger partial charge is 0.208 e. The molecule has 1 aliphatic rings. The molecule has 1 aliphatic carbocycles. The highest BCUT2D eigenvalue weighted by atomic mass is 127. The minimum absolute atomic E-state index is 0.471. The number of rotatable bonds is 15. The maximum atomic E-state index is 9.47. The summed E-state index contributed by atoms with van der Waals surface area (Å²) < 4.78 is 15.0. The second kappa shape index (κ2) is 19.8. The van der Waals surface area contributed by atoms with Crippen molar-refractivity contribution >= 4 is 39.7 Å². The number of para-hydroxylation sites is 2. The number of aryl methyl sites for hydroxylation is 2. The Balaban J connectivity index is 1.31. The summed E-state index contributed by atoms with van der Waals surface area (Å²) >= 11 is 2.70. The monoisotopic (exact) mass is 817 g/mol. The quantitative estimate of drug-likeness (QED) is 0.0517. The van der Waals surface area contributed by atoms with Crippen LogP contribution in [0.1, 0.15) is 61.8 Å². The van der Waals surface area contributed by atoms with Crippen LogP contribution in [0.5, 0.6) is 11.5 Å². The van der Waals surface area contributed by atoms with Crippen molar-refractivity contribution in [2.24, 2.45) is 11.8 Å². The van der Waals surface area contributed by atoms with Crippen LogP contribution in [0.4, 0.5) is 11.4 Å². The molecule has 5 rings (SSSR count). The number of alkyl halides is 1. The number of nitrogens with zero attached hydrogens (tertiary/aromatic N) is 4. The molecular formula is C46H50IN4O2+. The maximum absolute atomic E-state index is 9.47. The van der Waals surface area contributed by atoms with Gasteiger partial charge in [-0.05, 0) is 112 Å². The Hall–Kier alpha value is -4.86. The zero-order valence-corrected chi connectivity index (χ0v) is 33.5. The SMILES string of the molecule is CC(/C=C/C1CCCC(C/C=C(\C)N(CCOc2ccccc2)c2ccc(C#N)cc2C)C1I)=[N+](CCOc1ccccc1)c1ccc(C#N)cc1C. The fourth-order valence-corrected chi connectivity index (χ4v) is 8.34. The van der Waals surface area contributed by atoms with Crippen molar-refractivity contribution in [1.82, 2.24) is 0 Å². The van der Waals surface area contributed by atoms with Crippen molar-refractivity contribution in [3.63, 3.8) is 0 Å². The van der Waals surface area contributed by atoms with Gasteiger partial charge >= 0.3 is 0 Å². The summed E-state index contributed by atoms with van der Waals surface area (Å²) in [4.78, 5) is 2.33. The van der Waals surface area contributed by atoms with Crippen LogP contribution in [0.15, 0.2) is 121 Å². The summed E-state index contributed by atoms with van der Waals surface area (Å²) in [5, 5.41) is 18.9. The fourth-order valence-electron chi connectivity index (χ4n) is 7.09. The summed E-state index contributed by atoms with van der Waals surface area (Å²) in [5.74, 6) is 2.76. The molecule has 7 heteroatoms. The standard InChI is InChI=1S/C46H50IN4O2/c1-34-30-38(32-48)20-24-44(34)50(26-28-52-42-14-7-5-8-15-42)36(3)18-22-40-12-11-13-41(46(40)47)23-19-37(4)51(27-29-53-43-16-9-6-10-17-43)45-25-21-39(33-49)31-35(45)2/h5-10,14-22,24-25,30-31,40-41,46H,11-13,23,26-29H2,1-4H3/q+1/b22-18+,37-19+,50-36?. The molecule has 272 valence electrons. The van der Waals surface area contributed by atoms with E-state index in [0.29, 0.717) is 53.2 Å². The van der Waals surface area contributed by atoms with Gasteiger partial charge in [-0.25, -0.2) is 0 Å². The summed E-state index contributed by atoms with van der Waals surface area (Å²) in [6.45, 7) is 11.0. The Bertz CT molecular complexity index is 1990. The normalized spacial score (nSPS) is 17.8. The minimum Gasteiger partial charge on any atom is -0.492 e. The van der Waals surface area contributed by atoms with Crippen molar-refractivity contribution in [2.45, 2.75) is 57.3 Å². The van der Waals surface area contributed by atoms with E-state index < -0.39 is 0 Å². The van der Waals surface area contributed by atoms with Crippen LogP contribution in [-0.4, -0.2) is 40.5 Å². The lowest BCUT2D eigenvalue weighted by atomic mass is 9.79. The lowest BCUT2D eigenvalue weighted by Gasteiger charge is -2.33. The topological polar surface area (TPSA) is 72.3 Å². The van der Waals surface area contributed by atoms with Gasteiger partial charge in [0.15, 0.2) is 12.3 Å². The molecule has 0 N–H and O–H groups in total. The van der Waals surface area contributed by atoms with Crippen molar-refractivity contribution < 1.29 is 14.0 Å². The Kier molecular flexibility index (Phi) is 14.7. The van der Waals surface area contributed by atoms with E-state index in [2.05, 4.69) is 102 Å². The van der Waals surface area contributed by atoms with E-state index in [9.17, 15) is 10.5 Å². The van der Waals surface area contributed by atoms with Gasteiger partial charge in [0.2, 0.25) is 5.69 Å². The second-order valence-corrected chi connectivity index (χ2v) is 15.2. The van der Waals surface area contributed by atoms with Crippen molar-refractivity contribution in [3.05, 3.63) is 143 Å². The molecule has 0 amide bonds.